The first-order valence-corrected chi connectivity index (χ1v) is 5.93. The van der Waals surface area contributed by atoms with Crippen molar-refractivity contribution in [1.29, 1.82) is 0 Å². The molecule has 0 saturated carbocycles. The average molecular weight is 282 g/mol. The molecule has 2 aromatic heterocycles. The predicted molar refractivity (Wildman–Crippen MR) is 84.1 cm³/mol. The third-order valence-corrected chi connectivity index (χ3v) is 2.53. The van der Waals surface area contributed by atoms with Crippen LogP contribution in [0.3, 0.4) is 0 Å². The topological polar surface area (TPSA) is 141 Å². The van der Waals surface area contributed by atoms with Crippen molar-refractivity contribution in [3.63, 3.8) is 0 Å². The third kappa shape index (κ3) is 3.18. The van der Waals surface area contributed by atoms with E-state index in [9.17, 15) is 0 Å². The van der Waals surface area contributed by atoms with Gasteiger partial charge in [-0.1, -0.05) is 0 Å². The Balaban J connectivity index is 2.38. The smallest absolute Gasteiger partial charge is 0.201 e. The van der Waals surface area contributed by atoms with Crippen molar-refractivity contribution in [2.24, 2.45) is 20.9 Å². The molecule has 106 valence electrons. The lowest BCUT2D eigenvalue weighted by Crippen LogP contribution is -2.17. The molecule has 0 aromatic carbocycles. The van der Waals surface area contributed by atoms with Gasteiger partial charge in [0.25, 0.3) is 0 Å². The number of rotatable bonds is 3. The maximum Gasteiger partial charge on any atom is 0.201 e. The van der Waals surface area contributed by atoms with Crippen molar-refractivity contribution in [2.75, 3.05) is 11.5 Å². The maximum absolute atomic E-state index is 5.80. The molecule has 0 radical (unpaired) electrons. The van der Waals surface area contributed by atoms with Crippen LogP contribution in [0, 0.1) is 0 Å². The summed E-state index contributed by atoms with van der Waals surface area (Å²) in [4.78, 5) is 11.9. The van der Waals surface area contributed by atoms with Crippen LogP contribution in [0.1, 0.15) is 11.4 Å². The minimum atomic E-state index is 0.0590. The van der Waals surface area contributed by atoms with Crippen LogP contribution in [0.2, 0.25) is 0 Å². The highest BCUT2D eigenvalue weighted by atomic mass is 15.3. The summed E-state index contributed by atoms with van der Waals surface area (Å²) in [6, 6.07) is 6.73. The van der Waals surface area contributed by atoms with Gasteiger partial charge < -0.3 is 17.2 Å². The highest BCUT2D eigenvalue weighted by molar-refractivity contribution is 6.05. The number of aliphatic imine (C=N–C) groups is 1. The van der Waals surface area contributed by atoms with E-state index in [1.165, 1.54) is 0 Å². The molecule has 8 heteroatoms. The van der Waals surface area contributed by atoms with Crippen molar-refractivity contribution in [1.82, 2.24) is 9.97 Å². The number of nitrogens with two attached hydrogens (primary N) is 3. The van der Waals surface area contributed by atoms with E-state index in [1.54, 1.807) is 36.7 Å². The molecule has 8 nitrogen and oxygen atoms in total. The first kappa shape index (κ1) is 14.1. The van der Waals surface area contributed by atoms with Crippen LogP contribution in [-0.2, 0) is 0 Å². The zero-order valence-electron chi connectivity index (χ0n) is 11.1. The minimum absolute atomic E-state index is 0.0590. The molecule has 0 aliphatic carbocycles. The van der Waals surface area contributed by atoms with Gasteiger partial charge in [-0.25, -0.2) is 4.99 Å². The average Bonchev–Trinajstić information content (AvgIpc) is 2.49. The van der Waals surface area contributed by atoms with E-state index in [0.717, 1.165) is 0 Å². The second kappa shape index (κ2) is 6.24. The van der Waals surface area contributed by atoms with E-state index in [-0.39, 0.29) is 11.7 Å². The number of aromatic nitrogens is 2. The normalized spacial score (nSPS) is 12.2. The fourth-order valence-electron chi connectivity index (χ4n) is 1.54. The third-order valence-electron chi connectivity index (χ3n) is 2.53. The summed E-state index contributed by atoms with van der Waals surface area (Å²) in [6.45, 7) is 3.42. The molecule has 6 N–H and O–H groups in total. The van der Waals surface area contributed by atoms with Gasteiger partial charge in [0.2, 0.25) is 5.84 Å². The molecule has 21 heavy (non-hydrogen) atoms. The monoisotopic (exact) mass is 282 g/mol. The number of pyridine rings is 2. The van der Waals surface area contributed by atoms with Crippen LogP contribution >= 0.6 is 0 Å². The molecule has 0 aliphatic rings. The summed E-state index contributed by atoms with van der Waals surface area (Å²) >= 11 is 0. The Labute approximate surface area is 121 Å². The van der Waals surface area contributed by atoms with Gasteiger partial charge in [0.15, 0.2) is 5.84 Å². The second-order valence-electron chi connectivity index (χ2n) is 3.95. The summed E-state index contributed by atoms with van der Waals surface area (Å²) in [5.41, 5.74) is 18.9. The lowest BCUT2D eigenvalue weighted by Gasteiger charge is -2.03. The molecule has 0 atom stereocenters. The Morgan fingerprint density at radius 2 is 1.52 bits per heavy atom. The zero-order chi connectivity index (χ0) is 15.2. The van der Waals surface area contributed by atoms with Gasteiger partial charge >= 0.3 is 0 Å². The summed E-state index contributed by atoms with van der Waals surface area (Å²) in [7, 11) is 0. The Hall–Kier alpha value is -3.29. The van der Waals surface area contributed by atoms with Crippen molar-refractivity contribution in [3.05, 3.63) is 48.0 Å². The van der Waals surface area contributed by atoms with Gasteiger partial charge in [0, 0.05) is 12.4 Å². The van der Waals surface area contributed by atoms with Crippen molar-refractivity contribution < 1.29 is 0 Å². The number of hydrogen-bond donors (Lipinski definition) is 3. The first-order chi connectivity index (χ1) is 10.1. The van der Waals surface area contributed by atoms with E-state index < -0.39 is 0 Å². The SMILES string of the molecule is C=N/C(=N\N=C(/N)c1ncccc1N)c1ncccc1N. The van der Waals surface area contributed by atoms with E-state index in [4.69, 9.17) is 17.2 Å². The molecular formula is C13H14N8. The Morgan fingerprint density at radius 1 is 0.952 bits per heavy atom. The Bertz CT molecular complexity index is 720. The van der Waals surface area contributed by atoms with Crippen LogP contribution in [0.4, 0.5) is 11.4 Å². The van der Waals surface area contributed by atoms with Gasteiger partial charge in [0.05, 0.1) is 11.4 Å². The lowest BCUT2D eigenvalue weighted by atomic mass is 10.3. The molecule has 0 saturated heterocycles. The highest BCUT2D eigenvalue weighted by Gasteiger charge is 2.08. The molecule has 0 bridgehead atoms. The molecule has 0 aliphatic heterocycles. The highest BCUT2D eigenvalue weighted by Crippen LogP contribution is 2.10. The Kier molecular flexibility index (Phi) is 4.20. The van der Waals surface area contributed by atoms with Gasteiger partial charge in [-0.3, -0.25) is 9.97 Å². The first-order valence-electron chi connectivity index (χ1n) is 5.93. The van der Waals surface area contributed by atoms with E-state index in [1.807, 2.05) is 0 Å². The molecule has 0 spiro atoms. The molecule has 2 rings (SSSR count). The van der Waals surface area contributed by atoms with Gasteiger partial charge in [-0.2, -0.15) is 0 Å². The molecule has 0 unspecified atom stereocenters. The summed E-state index contributed by atoms with van der Waals surface area (Å²) in [6.07, 6.45) is 3.12. The minimum Gasteiger partial charge on any atom is -0.397 e. The van der Waals surface area contributed by atoms with Crippen molar-refractivity contribution in [3.8, 4) is 0 Å². The molecule has 2 heterocycles. The fraction of sp³-hybridized carbons (Fsp3) is 0. The number of anilines is 2. The maximum atomic E-state index is 5.80. The van der Waals surface area contributed by atoms with Crippen molar-refractivity contribution in [2.45, 2.75) is 0 Å². The number of nitrogen functional groups attached to an aromatic ring is 2. The van der Waals surface area contributed by atoms with Gasteiger partial charge in [0.1, 0.15) is 11.4 Å². The molecule has 0 fully saturated rings. The standard InChI is InChI=1S/C13H14N8/c1-17-13(11-9(15)5-3-7-19-11)21-20-12(16)10-8(14)4-2-6-18-10/h2-7H,1,14-15H2,(H2,16,20)/b21-13-. The van der Waals surface area contributed by atoms with Crippen LogP contribution in [0.15, 0.2) is 51.9 Å². The summed E-state index contributed by atoms with van der Waals surface area (Å²) < 4.78 is 0. The lowest BCUT2D eigenvalue weighted by molar-refractivity contribution is 1.16. The molecule has 2 aromatic rings. The predicted octanol–water partition coefficient (Wildman–Crippen LogP) is 0.409. The number of amidine groups is 2. The Morgan fingerprint density at radius 3 is 2.05 bits per heavy atom. The van der Waals surface area contributed by atoms with E-state index in [0.29, 0.717) is 22.8 Å². The van der Waals surface area contributed by atoms with Crippen LogP contribution < -0.4 is 17.2 Å². The summed E-state index contributed by atoms with van der Waals surface area (Å²) in [5.74, 6) is 0.217. The van der Waals surface area contributed by atoms with Gasteiger partial charge in [-0.15, -0.1) is 10.2 Å². The quantitative estimate of drug-likeness (QED) is 0.424. The van der Waals surface area contributed by atoms with Crippen LogP contribution in [0.5, 0.6) is 0 Å². The molecule has 0 amide bonds. The van der Waals surface area contributed by atoms with Gasteiger partial charge in [-0.05, 0) is 31.0 Å². The van der Waals surface area contributed by atoms with E-state index in [2.05, 4.69) is 31.9 Å². The van der Waals surface area contributed by atoms with Crippen LogP contribution in [0.25, 0.3) is 0 Å². The van der Waals surface area contributed by atoms with Crippen molar-refractivity contribution >= 4 is 29.8 Å². The fourth-order valence-corrected chi connectivity index (χ4v) is 1.54. The van der Waals surface area contributed by atoms with E-state index >= 15 is 0 Å². The summed E-state index contributed by atoms with van der Waals surface area (Å²) in [5, 5.41) is 7.76. The molecular weight excluding hydrogens is 268 g/mol. The number of nitrogens with zero attached hydrogens (tertiary/aromatic N) is 5. The largest absolute Gasteiger partial charge is 0.397 e. The van der Waals surface area contributed by atoms with Crippen LogP contribution in [-0.4, -0.2) is 28.4 Å². The second-order valence-corrected chi connectivity index (χ2v) is 3.95. The zero-order valence-corrected chi connectivity index (χ0v) is 11.1. The number of hydrogen-bond acceptors (Lipinski definition) is 6.